The minimum absolute atomic E-state index is 0.0823. The molecule has 1 N–H and O–H groups in total. The van der Waals surface area contributed by atoms with Gasteiger partial charge in [0.1, 0.15) is 0 Å². The van der Waals surface area contributed by atoms with Crippen LogP contribution in [0.4, 0.5) is 0 Å². The van der Waals surface area contributed by atoms with Crippen LogP contribution in [0, 0.1) is 0 Å². The maximum Gasteiger partial charge on any atom is 0.282 e. The summed E-state index contributed by atoms with van der Waals surface area (Å²) < 4.78 is 0.269. The fourth-order valence-corrected chi connectivity index (χ4v) is 2.41. The second kappa shape index (κ2) is 6.12. The summed E-state index contributed by atoms with van der Waals surface area (Å²) >= 11 is 6.73. The Morgan fingerprint density at radius 1 is 1.37 bits per heavy atom. The Hall–Kier alpha value is -1.46. The molecule has 100 valence electrons. The summed E-state index contributed by atoms with van der Waals surface area (Å²) in [5.41, 5.74) is 2.33. The first-order valence-corrected chi connectivity index (χ1v) is 7.18. The lowest BCUT2D eigenvalue weighted by Crippen LogP contribution is -2.26. The third-order valence-electron chi connectivity index (χ3n) is 2.83. The summed E-state index contributed by atoms with van der Waals surface area (Å²) in [6.45, 7) is 4.04. The van der Waals surface area contributed by atoms with E-state index in [1.165, 1.54) is 5.56 Å². The fraction of sp³-hybridized carbons (Fsp3) is 0.308. The largest absolute Gasteiger partial charge is 0.343 e. The molecule has 1 heterocycles. The van der Waals surface area contributed by atoms with Crippen molar-refractivity contribution in [2.24, 2.45) is 0 Å². The molecule has 0 aliphatic heterocycles. The number of rotatable bonds is 4. The summed E-state index contributed by atoms with van der Waals surface area (Å²) in [7, 11) is 0. The average Bonchev–Trinajstić information content (AvgIpc) is 2.85. The SMILES string of the molecule is CCc1ccc(C(C)NC(=O)c2nnc(Cl)s2)cc1. The number of nitrogens with zero attached hydrogens (tertiary/aromatic N) is 2. The van der Waals surface area contributed by atoms with Gasteiger partial charge in [0.25, 0.3) is 5.91 Å². The molecule has 0 aliphatic rings. The third-order valence-corrected chi connectivity index (χ3v) is 3.85. The van der Waals surface area contributed by atoms with Crippen LogP contribution in [0.1, 0.15) is 40.8 Å². The predicted octanol–water partition coefficient (Wildman–Crippen LogP) is 3.24. The Balaban J connectivity index is 2.03. The van der Waals surface area contributed by atoms with Gasteiger partial charge in [-0.05, 0) is 36.1 Å². The van der Waals surface area contributed by atoms with Crippen molar-refractivity contribution in [2.75, 3.05) is 0 Å². The zero-order valence-corrected chi connectivity index (χ0v) is 12.3. The molecule has 0 radical (unpaired) electrons. The van der Waals surface area contributed by atoms with Gasteiger partial charge >= 0.3 is 0 Å². The number of hydrogen-bond acceptors (Lipinski definition) is 4. The summed E-state index contributed by atoms with van der Waals surface area (Å²) in [4.78, 5) is 11.9. The van der Waals surface area contributed by atoms with E-state index < -0.39 is 0 Å². The van der Waals surface area contributed by atoms with Gasteiger partial charge in [0.15, 0.2) is 0 Å². The lowest BCUT2D eigenvalue weighted by molar-refractivity contribution is 0.0939. The van der Waals surface area contributed by atoms with Crippen molar-refractivity contribution in [3.63, 3.8) is 0 Å². The van der Waals surface area contributed by atoms with Gasteiger partial charge in [-0.1, -0.05) is 42.5 Å². The van der Waals surface area contributed by atoms with Gasteiger partial charge in [0.05, 0.1) is 6.04 Å². The molecule has 1 aromatic carbocycles. The van der Waals surface area contributed by atoms with Gasteiger partial charge in [-0.2, -0.15) is 0 Å². The Morgan fingerprint density at radius 3 is 2.58 bits per heavy atom. The van der Waals surface area contributed by atoms with Gasteiger partial charge < -0.3 is 5.32 Å². The second-order valence-corrected chi connectivity index (χ2v) is 5.71. The Kier molecular flexibility index (Phi) is 4.50. The quantitative estimate of drug-likeness (QED) is 0.942. The highest BCUT2D eigenvalue weighted by Gasteiger charge is 2.15. The summed E-state index contributed by atoms with van der Waals surface area (Å²) in [5, 5.41) is 10.5. The van der Waals surface area contributed by atoms with E-state index in [2.05, 4.69) is 34.6 Å². The highest BCUT2D eigenvalue weighted by Crippen LogP contribution is 2.17. The molecule has 0 bridgehead atoms. The number of aromatic nitrogens is 2. The molecular formula is C13H14ClN3OS. The molecule has 6 heteroatoms. The van der Waals surface area contributed by atoms with Gasteiger partial charge in [0.2, 0.25) is 9.47 Å². The number of halogens is 1. The first kappa shape index (κ1) is 14.0. The van der Waals surface area contributed by atoms with Crippen LogP contribution in [0.3, 0.4) is 0 Å². The fourth-order valence-electron chi connectivity index (χ4n) is 1.68. The van der Waals surface area contributed by atoms with Crippen LogP contribution in [0.5, 0.6) is 0 Å². The molecule has 0 saturated heterocycles. The van der Waals surface area contributed by atoms with Crippen LogP contribution in [-0.4, -0.2) is 16.1 Å². The van der Waals surface area contributed by atoms with Crippen molar-refractivity contribution in [3.05, 3.63) is 44.9 Å². The molecule has 0 aliphatic carbocycles. The average molecular weight is 296 g/mol. The van der Waals surface area contributed by atoms with E-state index in [-0.39, 0.29) is 21.4 Å². The van der Waals surface area contributed by atoms with Crippen LogP contribution in [0.2, 0.25) is 4.47 Å². The van der Waals surface area contributed by atoms with Crippen LogP contribution in [-0.2, 0) is 6.42 Å². The van der Waals surface area contributed by atoms with E-state index >= 15 is 0 Å². The number of carbonyl (C=O) groups excluding carboxylic acids is 1. The van der Waals surface area contributed by atoms with E-state index in [9.17, 15) is 4.79 Å². The lowest BCUT2D eigenvalue weighted by atomic mass is 10.1. The molecule has 2 rings (SSSR count). The number of nitrogens with one attached hydrogen (secondary N) is 1. The Bertz CT molecular complexity index is 568. The van der Waals surface area contributed by atoms with E-state index in [0.717, 1.165) is 23.3 Å². The molecule has 1 amide bonds. The van der Waals surface area contributed by atoms with Gasteiger partial charge in [0, 0.05) is 0 Å². The van der Waals surface area contributed by atoms with Crippen LogP contribution in [0.25, 0.3) is 0 Å². The molecule has 2 aromatic rings. The molecular weight excluding hydrogens is 282 g/mol. The van der Waals surface area contributed by atoms with E-state index in [1.807, 2.05) is 19.1 Å². The summed E-state index contributed by atoms with van der Waals surface area (Å²) in [5.74, 6) is -0.253. The molecule has 1 aromatic heterocycles. The molecule has 0 spiro atoms. The molecule has 1 atom stereocenters. The van der Waals surface area contributed by atoms with Crippen LogP contribution < -0.4 is 5.32 Å². The minimum atomic E-state index is -0.253. The van der Waals surface area contributed by atoms with Crippen molar-refractivity contribution in [1.82, 2.24) is 15.5 Å². The molecule has 1 unspecified atom stereocenters. The standard InChI is InChI=1S/C13H14ClN3OS/c1-3-9-4-6-10(7-5-9)8(2)15-11(18)12-16-17-13(14)19-12/h4-8H,3H2,1-2H3,(H,15,18). The zero-order valence-electron chi connectivity index (χ0n) is 10.7. The first-order valence-electron chi connectivity index (χ1n) is 5.99. The Labute approximate surface area is 120 Å². The van der Waals surface area contributed by atoms with E-state index in [4.69, 9.17) is 11.6 Å². The second-order valence-electron chi connectivity index (χ2n) is 4.15. The van der Waals surface area contributed by atoms with Crippen molar-refractivity contribution >= 4 is 28.8 Å². The molecule has 0 fully saturated rings. The van der Waals surface area contributed by atoms with Gasteiger partial charge in [-0.25, -0.2) is 0 Å². The number of hydrogen-bond donors (Lipinski definition) is 1. The van der Waals surface area contributed by atoms with Crippen molar-refractivity contribution in [3.8, 4) is 0 Å². The smallest absolute Gasteiger partial charge is 0.282 e. The number of carbonyl (C=O) groups is 1. The zero-order chi connectivity index (χ0) is 13.8. The number of amides is 1. The van der Waals surface area contributed by atoms with Crippen LogP contribution >= 0.6 is 22.9 Å². The maximum absolute atomic E-state index is 11.9. The highest BCUT2D eigenvalue weighted by atomic mass is 35.5. The van der Waals surface area contributed by atoms with Crippen molar-refractivity contribution < 1.29 is 4.79 Å². The summed E-state index contributed by atoms with van der Waals surface area (Å²) in [6.07, 6.45) is 1.00. The number of benzene rings is 1. The lowest BCUT2D eigenvalue weighted by Gasteiger charge is -2.13. The van der Waals surface area contributed by atoms with E-state index in [0.29, 0.717) is 0 Å². The molecule has 19 heavy (non-hydrogen) atoms. The van der Waals surface area contributed by atoms with Crippen LogP contribution in [0.15, 0.2) is 24.3 Å². The third kappa shape index (κ3) is 3.52. The topological polar surface area (TPSA) is 54.9 Å². The highest BCUT2D eigenvalue weighted by molar-refractivity contribution is 7.17. The van der Waals surface area contributed by atoms with Crippen molar-refractivity contribution in [2.45, 2.75) is 26.3 Å². The monoisotopic (exact) mass is 295 g/mol. The predicted molar refractivity (Wildman–Crippen MR) is 76.6 cm³/mol. The minimum Gasteiger partial charge on any atom is -0.343 e. The van der Waals surface area contributed by atoms with Gasteiger partial charge in [-0.15, -0.1) is 10.2 Å². The summed E-state index contributed by atoms with van der Waals surface area (Å²) in [6, 6.07) is 8.11. The normalized spacial score (nSPS) is 12.2. The van der Waals surface area contributed by atoms with Crippen molar-refractivity contribution in [1.29, 1.82) is 0 Å². The Morgan fingerprint density at radius 2 is 2.05 bits per heavy atom. The van der Waals surface area contributed by atoms with E-state index in [1.54, 1.807) is 0 Å². The molecule has 0 saturated carbocycles. The number of aryl methyl sites for hydroxylation is 1. The van der Waals surface area contributed by atoms with Gasteiger partial charge in [-0.3, -0.25) is 4.79 Å². The molecule has 4 nitrogen and oxygen atoms in total. The maximum atomic E-state index is 11.9. The first-order chi connectivity index (χ1) is 9.10.